The number of aromatic nitrogens is 2. The number of hydrogen-bond acceptors (Lipinski definition) is 0. The zero-order chi connectivity index (χ0) is 38.7. The first-order chi connectivity index (χ1) is 28.8. The van der Waals surface area contributed by atoms with Crippen LogP contribution in [0.1, 0.15) is 26.7 Å². The molecule has 1 aliphatic carbocycles. The van der Waals surface area contributed by atoms with Crippen LogP contribution in [-0.2, 0) is 0 Å². The van der Waals surface area contributed by atoms with Gasteiger partial charge in [0.15, 0.2) is 0 Å². The van der Waals surface area contributed by atoms with Crippen LogP contribution in [-0.4, -0.2) is 9.13 Å². The molecule has 0 amide bonds. The number of fused-ring (bicyclic) bond motifs is 12. The Morgan fingerprint density at radius 3 is 1.50 bits per heavy atom. The van der Waals surface area contributed by atoms with Crippen molar-refractivity contribution >= 4 is 81.6 Å². The van der Waals surface area contributed by atoms with Gasteiger partial charge in [0, 0.05) is 32.9 Å². The maximum Gasteiger partial charge on any atom is 0.0544 e. The molecule has 0 bridgehead atoms. The second-order valence-electron chi connectivity index (χ2n) is 15.2. The number of hydrogen-bond donors (Lipinski definition) is 0. The van der Waals surface area contributed by atoms with Gasteiger partial charge in [-0.3, -0.25) is 0 Å². The third-order valence-corrected chi connectivity index (χ3v) is 12.1. The molecular formula is C56H42N2. The number of para-hydroxylation sites is 1. The molecular weight excluding hydrogens is 701 g/mol. The minimum atomic E-state index is 1.03. The van der Waals surface area contributed by atoms with Crippen molar-refractivity contribution in [3.8, 4) is 27.9 Å². The van der Waals surface area contributed by atoms with Gasteiger partial charge < -0.3 is 9.13 Å². The quantitative estimate of drug-likeness (QED) is 0.159. The molecule has 0 spiro atoms. The summed E-state index contributed by atoms with van der Waals surface area (Å²) in [7, 11) is 0. The molecule has 12 rings (SSSR count). The third kappa shape index (κ3) is 5.26. The Morgan fingerprint density at radius 1 is 0.345 bits per heavy atom. The zero-order valence-corrected chi connectivity index (χ0v) is 32.8. The largest absolute Gasteiger partial charge is 0.313 e. The Balaban J connectivity index is 0.00000190. The lowest BCUT2D eigenvalue weighted by Crippen LogP contribution is -1.98. The molecule has 276 valence electrons. The van der Waals surface area contributed by atoms with Crippen molar-refractivity contribution in [2.75, 3.05) is 0 Å². The molecule has 1 aliphatic rings. The van der Waals surface area contributed by atoms with Gasteiger partial charge in [-0.25, -0.2) is 0 Å². The summed E-state index contributed by atoms with van der Waals surface area (Å²) in [5, 5.41) is 12.8. The first-order valence-corrected chi connectivity index (χ1v) is 20.7. The normalized spacial score (nSPS) is 12.9. The summed E-state index contributed by atoms with van der Waals surface area (Å²) < 4.78 is 4.95. The highest BCUT2D eigenvalue weighted by atomic mass is 15.0. The lowest BCUT2D eigenvalue weighted by molar-refractivity contribution is 0.979. The van der Waals surface area contributed by atoms with Crippen LogP contribution in [0.5, 0.6) is 0 Å². The van der Waals surface area contributed by atoms with E-state index >= 15 is 0 Å². The summed E-state index contributed by atoms with van der Waals surface area (Å²) in [6, 6.07) is 65.3. The van der Waals surface area contributed by atoms with Crippen LogP contribution in [0.15, 0.2) is 194 Å². The average Bonchev–Trinajstić information content (AvgIpc) is 3.82. The second-order valence-corrected chi connectivity index (χ2v) is 15.2. The van der Waals surface area contributed by atoms with Gasteiger partial charge in [-0.15, -0.1) is 0 Å². The lowest BCUT2D eigenvalue weighted by atomic mass is 9.94. The van der Waals surface area contributed by atoms with E-state index in [9.17, 15) is 0 Å². The van der Waals surface area contributed by atoms with Gasteiger partial charge in [0.05, 0.1) is 22.1 Å². The van der Waals surface area contributed by atoms with E-state index in [4.69, 9.17) is 0 Å². The van der Waals surface area contributed by atoms with Gasteiger partial charge in [0.1, 0.15) is 0 Å². The van der Waals surface area contributed by atoms with Crippen molar-refractivity contribution in [3.63, 3.8) is 0 Å². The van der Waals surface area contributed by atoms with Crippen LogP contribution < -0.4 is 0 Å². The van der Waals surface area contributed by atoms with Gasteiger partial charge in [-0.05, 0) is 122 Å². The minimum absolute atomic E-state index is 1.03. The van der Waals surface area contributed by atoms with E-state index in [0.29, 0.717) is 0 Å². The van der Waals surface area contributed by atoms with E-state index in [-0.39, 0.29) is 0 Å². The standard InChI is InChI=1S/C54H36N2.C2H6/c1-3-13-35(14-4-1)38-23-27-47-50-32-37(24-29-52(50)55(54(47)33-38)39-15-5-2-6-16-39)36-25-30-53-49(31-36)46-21-11-12-22-51(46)56(53)40-26-28-45-43-19-8-7-17-41(43)42-18-9-10-20-44(42)48(45)34-40;1-2/h1-5,7-15,17-34H,6,16H2;1-2H3. The fourth-order valence-electron chi connectivity index (χ4n) is 9.56. The van der Waals surface area contributed by atoms with Crippen LogP contribution in [0.4, 0.5) is 0 Å². The van der Waals surface area contributed by atoms with E-state index in [2.05, 4.69) is 203 Å². The van der Waals surface area contributed by atoms with Crippen LogP contribution in [0, 0.1) is 0 Å². The van der Waals surface area contributed by atoms with E-state index in [1.807, 2.05) is 13.8 Å². The fraction of sp³-hybridized carbons (Fsp3) is 0.0714. The molecule has 0 radical (unpaired) electrons. The molecule has 0 saturated heterocycles. The molecule has 0 atom stereocenters. The predicted molar refractivity (Wildman–Crippen MR) is 251 cm³/mol. The van der Waals surface area contributed by atoms with Crippen molar-refractivity contribution in [2.45, 2.75) is 26.7 Å². The Morgan fingerprint density at radius 2 is 0.845 bits per heavy atom. The fourth-order valence-corrected chi connectivity index (χ4v) is 9.56. The Kier molecular flexibility index (Phi) is 8.11. The molecule has 2 aromatic heterocycles. The maximum atomic E-state index is 2.50. The summed E-state index contributed by atoms with van der Waals surface area (Å²) in [4.78, 5) is 0. The summed E-state index contributed by atoms with van der Waals surface area (Å²) in [6.45, 7) is 4.00. The smallest absolute Gasteiger partial charge is 0.0544 e. The number of nitrogens with zero attached hydrogens (tertiary/aromatic N) is 2. The first-order valence-electron chi connectivity index (χ1n) is 20.7. The topological polar surface area (TPSA) is 9.86 Å². The van der Waals surface area contributed by atoms with Crippen molar-refractivity contribution in [3.05, 3.63) is 194 Å². The van der Waals surface area contributed by atoms with Gasteiger partial charge in [-0.2, -0.15) is 0 Å². The SMILES string of the molecule is C1=CCCC(n2c3ccc(-c4ccc5c(c4)c4ccccc4n5-c4ccc5c6ccccc6c6ccccc6c5c4)cc3c3ccc(-c4ccccc4)cc32)=C1.CC. The van der Waals surface area contributed by atoms with Gasteiger partial charge in [-0.1, -0.05) is 153 Å². The number of allylic oxidation sites excluding steroid dienone is 4. The van der Waals surface area contributed by atoms with E-state index in [0.717, 1.165) is 12.8 Å². The van der Waals surface area contributed by atoms with Crippen molar-refractivity contribution in [1.29, 1.82) is 0 Å². The maximum absolute atomic E-state index is 2.50. The molecule has 11 aromatic rings. The van der Waals surface area contributed by atoms with Crippen LogP contribution in [0.25, 0.3) is 110 Å². The molecule has 2 heteroatoms. The Hall–Kier alpha value is -7.16. The number of benzene rings is 9. The van der Waals surface area contributed by atoms with Gasteiger partial charge >= 0.3 is 0 Å². The van der Waals surface area contributed by atoms with Crippen LogP contribution >= 0.6 is 0 Å². The average molecular weight is 743 g/mol. The second kappa shape index (κ2) is 13.8. The van der Waals surface area contributed by atoms with Crippen molar-refractivity contribution in [2.24, 2.45) is 0 Å². The monoisotopic (exact) mass is 742 g/mol. The molecule has 2 nitrogen and oxygen atoms in total. The third-order valence-electron chi connectivity index (χ3n) is 12.1. The van der Waals surface area contributed by atoms with E-state index < -0.39 is 0 Å². The molecule has 0 saturated carbocycles. The minimum Gasteiger partial charge on any atom is -0.313 e. The molecule has 2 heterocycles. The Bertz CT molecular complexity index is 3430. The van der Waals surface area contributed by atoms with E-state index in [1.165, 1.54) is 110 Å². The number of rotatable bonds is 4. The molecule has 0 aliphatic heterocycles. The Labute approximate surface area is 338 Å². The first kappa shape index (κ1) is 34.1. The molecule has 58 heavy (non-hydrogen) atoms. The summed E-state index contributed by atoms with van der Waals surface area (Å²) in [6.07, 6.45) is 8.85. The highest BCUT2D eigenvalue weighted by Gasteiger charge is 2.19. The predicted octanol–water partition coefficient (Wildman–Crippen LogP) is 15.9. The van der Waals surface area contributed by atoms with Crippen molar-refractivity contribution in [1.82, 2.24) is 9.13 Å². The summed E-state index contributed by atoms with van der Waals surface area (Å²) in [5.74, 6) is 0. The molecule has 0 fully saturated rings. The highest BCUT2D eigenvalue weighted by Crippen LogP contribution is 2.41. The molecule has 9 aromatic carbocycles. The molecule has 0 unspecified atom stereocenters. The summed E-state index contributed by atoms with van der Waals surface area (Å²) >= 11 is 0. The van der Waals surface area contributed by atoms with Crippen LogP contribution in [0.2, 0.25) is 0 Å². The van der Waals surface area contributed by atoms with Gasteiger partial charge in [0.25, 0.3) is 0 Å². The summed E-state index contributed by atoms with van der Waals surface area (Å²) in [5.41, 5.74) is 12.4. The molecule has 0 N–H and O–H groups in total. The lowest BCUT2D eigenvalue weighted by Gasteiger charge is -2.14. The highest BCUT2D eigenvalue weighted by molar-refractivity contribution is 6.25. The van der Waals surface area contributed by atoms with E-state index in [1.54, 1.807) is 0 Å². The van der Waals surface area contributed by atoms with Gasteiger partial charge in [0.2, 0.25) is 0 Å². The van der Waals surface area contributed by atoms with Crippen molar-refractivity contribution < 1.29 is 0 Å². The van der Waals surface area contributed by atoms with Crippen LogP contribution in [0.3, 0.4) is 0 Å². The zero-order valence-electron chi connectivity index (χ0n) is 32.8.